The topological polar surface area (TPSA) is 52.8 Å². The van der Waals surface area contributed by atoms with Gasteiger partial charge in [-0.25, -0.2) is 4.98 Å². The van der Waals surface area contributed by atoms with Gasteiger partial charge in [0.2, 0.25) is 0 Å². The number of nitrogens with zero attached hydrogens (tertiary/aromatic N) is 2. The molecule has 0 aliphatic heterocycles. The molecule has 0 radical (unpaired) electrons. The zero-order valence-electron chi connectivity index (χ0n) is 12.7. The van der Waals surface area contributed by atoms with Crippen molar-refractivity contribution in [3.05, 3.63) is 59.0 Å². The number of imidazole rings is 1. The Bertz CT molecular complexity index is 873. The molecule has 1 aromatic carbocycles. The number of aromatic nitrogens is 2. The van der Waals surface area contributed by atoms with Gasteiger partial charge >= 0.3 is 0 Å². The average Bonchev–Trinajstić information content (AvgIpc) is 2.94. The van der Waals surface area contributed by atoms with Gasteiger partial charge in [-0.3, -0.25) is 4.79 Å². The predicted molar refractivity (Wildman–Crippen MR) is 87.5 cm³/mol. The van der Waals surface area contributed by atoms with E-state index >= 15 is 0 Å². The number of halogens is 1. The summed E-state index contributed by atoms with van der Waals surface area (Å²) in [6, 6.07) is 8.74. The summed E-state index contributed by atoms with van der Waals surface area (Å²) in [6.07, 6.45) is 3.62. The monoisotopic (exact) mass is 330 g/mol. The highest BCUT2D eigenvalue weighted by Gasteiger charge is 2.11. The lowest BCUT2D eigenvalue weighted by atomic mass is 10.1. The van der Waals surface area contributed by atoms with Crippen molar-refractivity contribution in [2.24, 2.45) is 0 Å². The molecule has 2 aromatic heterocycles. The summed E-state index contributed by atoms with van der Waals surface area (Å²) in [5.74, 6) is 1.04. The number of benzene rings is 1. The number of hydrogen-bond donors (Lipinski definition) is 0. The summed E-state index contributed by atoms with van der Waals surface area (Å²) in [5.41, 5.74) is 2.03. The third kappa shape index (κ3) is 3.29. The van der Waals surface area contributed by atoms with Crippen molar-refractivity contribution in [1.29, 1.82) is 0 Å². The Balaban J connectivity index is 1.85. The second kappa shape index (κ2) is 6.30. The highest BCUT2D eigenvalue weighted by molar-refractivity contribution is 6.30. The lowest BCUT2D eigenvalue weighted by molar-refractivity contribution is 0.101. The summed E-state index contributed by atoms with van der Waals surface area (Å²) in [4.78, 5) is 16.1. The van der Waals surface area contributed by atoms with Gasteiger partial charge < -0.3 is 13.9 Å². The molecule has 2 heterocycles. The molecule has 0 aliphatic carbocycles. The number of carbonyl (C=O) groups excluding carboxylic acids is 1. The third-order valence-corrected chi connectivity index (χ3v) is 3.63. The number of methoxy groups -OCH3 is 1. The van der Waals surface area contributed by atoms with Crippen molar-refractivity contribution in [3.8, 4) is 11.5 Å². The van der Waals surface area contributed by atoms with E-state index in [-0.39, 0.29) is 12.4 Å². The van der Waals surface area contributed by atoms with Crippen molar-refractivity contribution in [3.63, 3.8) is 0 Å². The van der Waals surface area contributed by atoms with Gasteiger partial charge in [0.15, 0.2) is 5.78 Å². The molecule has 23 heavy (non-hydrogen) atoms. The van der Waals surface area contributed by atoms with E-state index in [1.165, 1.54) is 6.92 Å². The standard InChI is InChI=1S/C17H15ClN2O3/c1-11(21)15-5-4-14(22-2)7-16(15)23-10-13-9-20-8-12(18)3-6-17(20)19-13/h3-9H,10H2,1-2H3. The normalized spacial score (nSPS) is 10.7. The van der Waals surface area contributed by atoms with Crippen LogP contribution in [0.1, 0.15) is 23.0 Å². The number of carbonyl (C=O) groups is 1. The molecule has 0 N–H and O–H groups in total. The minimum Gasteiger partial charge on any atom is -0.497 e. The van der Waals surface area contributed by atoms with Crippen LogP contribution in [0.15, 0.2) is 42.7 Å². The molecule has 118 valence electrons. The maximum Gasteiger partial charge on any atom is 0.163 e. The number of pyridine rings is 1. The van der Waals surface area contributed by atoms with E-state index in [0.717, 1.165) is 11.3 Å². The van der Waals surface area contributed by atoms with Gasteiger partial charge in [0.1, 0.15) is 23.8 Å². The first-order valence-electron chi connectivity index (χ1n) is 7.02. The number of hydrogen-bond acceptors (Lipinski definition) is 4. The third-order valence-electron chi connectivity index (χ3n) is 3.41. The lowest BCUT2D eigenvalue weighted by Gasteiger charge is -2.10. The van der Waals surface area contributed by atoms with E-state index in [0.29, 0.717) is 22.1 Å². The van der Waals surface area contributed by atoms with E-state index in [1.807, 2.05) is 16.7 Å². The summed E-state index contributed by atoms with van der Waals surface area (Å²) in [5, 5.41) is 0.633. The van der Waals surface area contributed by atoms with Gasteiger partial charge in [-0.1, -0.05) is 11.6 Å². The van der Waals surface area contributed by atoms with Crippen molar-refractivity contribution in [2.75, 3.05) is 7.11 Å². The van der Waals surface area contributed by atoms with Gasteiger partial charge in [-0.2, -0.15) is 0 Å². The van der Waals surface area contributed by atoms with Crippen LogP contribution in [0.3, 0.4) is 0 Å². The molecule has 0 atom stereocenters. The molecule has 0 saturated carbocycles. The highest BCUT2D eigenvalue weighted by atomic mass is 35.5. The maximum absolute atomic E-state index is 11.7. The molecule has 0 aliphatic rings. The fourth-order valence-electron chi connectivity index (χ4n) is 2.28. The van der Waals surface area contributed by atoms with Crippen LogP contribution in [0.2, 0.25) is 5.02 Å². The second-order valence-corrected chi connectivity index (χ2v) is 5.49. The zero-order chi connectivity index (χ0) is 16.4. The van der Waals surface area contributed by atoms with Gasteiger partial charge in [-0.15, -0.1) is 0 Å². The molecule has 3 rings (SSSR count). The van der Waals surface area contributed by atoms with Crippen LogP contribution in [0.5, 0.6) is 11.5 Å². The lowest BCUT2D eigenvalue weighted by Crippen LogP contribution is -2.02. The molecule has 0 fully saturated rings. The molecule has 0 unspecified atom stereocenters. The number of ether oxygens (including phenoxy) is 2. The molecule has 0 spiro atoms. The first-order valence-corrected chi connectivity index (χ1v) is 7.39. The number of fused-ring (bicyclic) bond motifs is 1. The summed E-state index contributed by atoms with van der Waals surface area (Å²) in [7, 11) is 1.57. The Morgan fingerprint density at radius 3 is 2.83 bits per heavy atom. The van der Waals surface area contributed by atoms with Crippen molar-refractivity contribution >= 4 is 23.0 Å². The van der Waals surface area contributed by atoms with E-state index in [4.69, 9.17) is 21.1 Å². The second-order valence-electron chi connectivity index (χ2n) is 5.05. The van der Waals surface area contributed by atoms with Gasteiger partial charge in [-0.05, 0) is 31.2 Å². The summed E-state index contributed by atoms with van der Waals surface area (Å²) in [6.45, 7) is 1.74. The van der Waals surface area contributed by atoms with Crippen LogP contribution in [-0.2, 0) is 6.61 Å². The minimum atomic E-state index is -0.0653. The average molecular weight is 331 g/mol. The van der Waals surface area contributed by atoms with Crippen LogP contribution in [0.25, 0.3) is 5.65 Å². The van der Waals surface area contributed by atoms with Gasteiger partial charge in [0, 0.05) is 18.5 Å². The van der Waals surface area contributed by atoms with Crippen LogP contribution in [0.4, 0.5) is 0 Å². The molecule has 5 nitrogen and oxygen atoms in total. The Labute approximate surface area is 138 Å². The molecule has 0 saturated heterocycles. The Morgan fingerprint density at radius 2 is 2.09 bits per heavy atom. The quantitative estimate of drug-likeness (QED) is 0.668. The summed E-state index contributed by atoms with van der Waals surface area (Å²) >= 11 is 5.96. The van der Waals surface area contributed by atoms with Gasteiger partial charge in [0.05, 0.1) is 23.4 Å². The predicted octanol–water partition coefficient (Wildman–Crippen LogP) is 3.78. The van der Waals surface area contributed by atoms with Crippen molar-refractivity contribution in [2.45, 2.75) is 13.5 Å². The number of ketones is 1. The SMILES string of the molecule is COc1ccc(C(C)=O)c(OCc2cn3cc(Cl)ccc3n2)c1. The molecule has 3 aromatic rings. The van der Waals surface area contributed by atoms with E-state index < -0.39 is 0 Å². The van der Waals surface area contributed by atoms with Gasteiger partial charge in [0.25, 0.3) is 0 Å². The molecular formula is C17H15ClN2O3. The number of Topliss-reactive ketones (excluding diaryl/α,β-unsaturated/α-hetero) is 1. The first kappa shape index (κ1) is 15.4. The molecule has 0 amide bonds. The fourth-order valence-corrected chi connectivity index (χ4v) is 2.45. The number of rotatable bonds is 5. The smallest absolute Gasteiger partial charge is 0.163 e. The summed E-state index contributed by atoms with van der Waals surface area (Å²) < 4.78 is 12.8. The molecular weight excluding hydrogens is 316 g/mol. The zero-order valence-corrected chi connectivity index (χ0v) is 13.5. The minimum absolute atomic E-state index is 0.0653. The highest BCUT2D eigenvalue weighted by Crippen LogP contribution is 2.26. The Kier molecular flexibility index (Phi) is 4.21. The van der Waals surface area contributed by atoms with Crippen LogP contribution in [0, 0.1) is 0 Å². The van der Waals surface area contributed by atoms with E-state index in [2.05, 4.69) is 4.98 Å². The van der Waals surface area contributed by atoms with E-state index in [9.17, 15) is 4.79 Å². The first-order chi connectivity index (χ1) is 11.1. The molecule has 0 bridgehead atoms. The fraction of sp³-hybridized carbons (Fsp3) is 0.176. The largest absolute Gasteiger partial charge is 0.497 e. The van der Waals surface area contributed by atoms with Crippen molar-refractivity contribution in [1.82, 2.24) is 9.38 Å². The van der Waals surface area contributed by atoms with Crippen LogP contribution < -0.4 is 9.47 Å². The van der Waals surface area contributed by atoms with Crippen LogP contribution >= 0.6 is 11.6 Å². The van der Waals surface area contributed by atoms with Crippen LogP contribution in [-0.4, -0.2) is 22.3 Å². The Morgan fingerprint density at radius 1 is 1.26 bits per heavy atom. The van der Waals surface area contributed by atoms with E-state index in [1.54, 1.807) is 37.6 Å². The Hall–Kier alpha value is -2.53. The maximum atomic E-state index is 11.7. The molecule has 6 heteroatoms. The van der Waals surface area contributed by atoms with Crippen molar-refractivity contribution < 1.29 is 14.3 Å².